The van der Waals surface area contributed by atoms with Crippen LogP contribution < -0.4 is 10.9 Å². The number of amides is 2. The van der Waals surface area contributed by atoms with Gasteiger partial charge in [-0.2, -0.15) is 0 Å². The Hall–Kier alpha value is -3.68. The second-order valence-corrected chi connectivity index (χ2v) is 5.35. The Balaban J connectivity index is 1.61. The number of aromatic amines is 1. The first-order valence-corrected chi connectivity index (χ1v) is 7.43. The molecule has 2 amide bonds. The van der Waals surface area contributed by atoms with Crippen LogP contribution in [0.1, 0.15) is 15.9 Å². The summed E-state index contributed by atoms with van der Waals surface area (Å²) in [5.41, 5.74) is 6.18. The predicted octanol–water partition coefficient (Wildman–Crippen LogP) is 2.08. The zero-order valence-electron chi connectivity index (χ0n) is 13.0. The van der Waals surface area contributed by atoms with Crippen LogP contribution in [0.15, 0.2) is 54.7 Å². The molecule has 25 heavy (non-hydrogen) atoms. The van der Waals surface area contributed by atoms with Crippen molar-refractivity contribution >= 4 is 28.4 Å². The number of nitro groups is 1. The molecule has 3 rings (SSSR count). The fourth-order valence-electron chi connectivity index (χ4n) is 2.45. The van der Waals surface area contributed by atoms with E-state index in [2.05, 4.69) is 15.8 Å². The van der Waals surface area contributed by atoms with Gasteiger partial charge in [0.15, 0.2) is 0 Å². The van der Waals surface area contributed by atoms with E-state index in [1.807, 2.05) is 24.3 Å². The lowest BCUT2D eigenvalue weighted by atomic mass is 10.1. The Morgan fingerprint density at radius 1 is 1.08 bits per heavy atom. The molecule has 3 aromatic rings. The molecule has 0 aliphatic rings. The van der Waals surface area contributed by atoms with Crippen LogP contribution >= 0.6 is 0 Å². The third-order valence-electron chi connectivity index (χ3n) is 3.66. The van der Waals surface area contributed by atoms with Crippen LogP contribution in [0.25, 0.3) is 10.9 Å². The van der Waals surface area contributed by atoms with Gasteiger partial charge in [0, 0.05) is 34.8 Å². The van der Waals surface area contributed by atoms with Crippen molar-refractivity contribution in [3.05, 3.63) is 76.0 Å². The molecule has 2 aromatic carbocycles. The molecule has 3 N–H and O–H groups in total. The van der Waals surface area contributed by atoms with Crippen LogP contribution in [-0.4, -0.2) is 21.7 Å². The van der Waals surface area contributed by atoms with Gasteiger partial charge in [-0.3, -0.25) is 30.6 Å². The molecular formula is C17H14N4O4. The van der Waals surface area contributed by atoms with Gasteiger partial charge in [0.1, 0.15) is 0 Å². The number of nitro benzene ring substituents is 1. The molecule has 8 heteroatoms. The number of hydrogen-bond donors (Lipinski definition) is 3. The lowest BCUT2D eigenvalue weighted by Crippen LogP contribution is -2.42. The van der Waals surface area contributed by atoms with Crippen LogP contribution in [0.3, 0.4) is 0 Å². The Kier molecular flexibility index (Phi) is 4.42. The average molecular weight is 338 g/mol. The number of fused-ring (bicyclic) bond motifs is 1. The third kappa shape index (κ3) is 3.63. The molecular weight excluding hydrogens is 324 g/mol. The summed E-state index contributed by atoms with van der Waals surface area (Å²) in [4.78, 5) is 37.2. The van der Waals surface area contributed by atoms with Crippen molar-refractivity contribution in [3.63, 3.8) is 0 Å². The minimum atomic E-state index is -0.629. The van der Waals surface area contributed by atoms with Crippen LogP contribution in [0.2, 0.25) is 0 Å². The third-order valence-corrected chi connectivity index (χ3v) is 3.66. The quantitative estimate of drug-likeness (QED) is 0.498. The van der Waals surface area contributed by atoms with E-state index in [-0.39, 0.29) is 17.7 Å². The van der Waals surface area contributed by atoms with Crippen LogP contribution in [0.5, 0.6) is 0 Å². The first kappa shape index (κ1) is 16.2. The first-order chi connectivity index (χ1) is 12.0. The maximum Gasteiger partial charge on any atom is 0.270 e. The molecule has 0 unspecified atom stereocenters. The highest BCUT2D eigenvalue weighted by atomic mass is 16.6. The van der Waals surface area contributed by atoms with E-state index in [1.165, 1.54) is 18.2 Å². The number of carbonyl (C=O) groups excluding carboxylic acids is 2. The van der Waals surface area contributed by atoms with Crippen molar-refractivity contribution in [2.24, 2.45) is 0 Å². The minimum Gasteiger partial charge on any atom is -0.361 e. The number of rotatable bonds is 4. The number of nitrogens with one attached hydrogen (secondary N) is 3. The van der Waals surface area contributed by atoms with E-state index in [9.17, 15) is 19.7 Å². The van der Waals surface area contributed by atoms with E-state index in [0.29, 0.717) is 0 Å². The number of non-ortho nitro benzene ring substituents is 1. The summed E-state index contributed by atoms with van der Waals surface area (Å²) in [6.07, 6.45) is 1.83. The van der Waals surface area contributed by atoms with Crippen LogP contribution in [0.4, 0.5) is 5.69 Å². The zero-order valence-corrected chi connectivity index (χ0v) is 13.0. The Morgan fingerprint density at radius 2 is 1.88 bits per heavy atom. The number of H-pyrrole nitrogens is 1. The molecule has 1 aromatic heterocycles. The van der Waals surface area contributed by atoms with Gasteiger partial charge in [-0.15, -0.1) is 0 Å². The Bertz CT molecular complexity index is 964. The zero-order chi connectivity index (χ0) is 17.8. The number of benzene rings is 2. The molecule has 0 atom stereocenters. The summed E-state index contributed by atoms with van der Waals surface area (Å²) in [5.74, 6) is -1.03. The number of carbonyl (C=O) groups is 2. The smallest absolute Gasteiger partial charge is 0.270 e. The van der Waals surface area contributed by atoms with Crippen molar-refractivity contribution in [2.75, 3.05) is 0 Å². The first-order valence-electron chi connectivity index (χ1n) is 7.43. The normalized spacial score (nSPS) is 10.4. The van der Waals surface area contributed by atoms with Crippen LogP contribution in [0, 0.1) is 10.1 Å². The minimum absolute atomic E-state index is 0.0826. The summed E-state index contributed by atoms with van der Waals surface area (Å²) in [6.45, 7) is 0. The average Bonchev–Trinajstić information content (AvgIpc) is 3.03. The molecule has 0 fully saturated rings. The van der Waals surface area contributed by atoms with E-state index in [1.54, 1.807) is 6.20 Å². The lowest BCUT2D eigenvalue weighted by Gasteiger charge is -2.07. The van der Waals surface area contributed by atoms with Crippen molar-refractivity contribution in [2.45, 2.75) is 6.42 Å². The highest BCUT2D eigenvalue weighted by Gasteiger charge is 2.13. The maximum atomic E-state index is 12.0. The number of aromatic nitrogens is 1. The van der Waals surface area contributed by atoms with Crippen molar-refractivity contribution in [3.8, 4) is 0 Å². The second kappa shape index (κ2) is 6.83. The standard InChI is InChI=1S/C17H14N4O4/c22-16(9-12-10-18-15-7-2-1-6-14(12)15)19-20-17(23)11-4-3-5-13(8-11)21(24)25/h1-8,10,18H,9H2,(H,19,22)(H,20,23). The van der Waals surface area contributed by atoms with Gasteiger partial charge in [0.25, 0.3) is 11.6 Å². The topological polar surface area (TPSA) is 117 Å². The molecule has 1 heterocycles. The van der Waals surface area contributed by atoms with Gasteiger partial charge in [0.2, 0.25) is 5.91 Å². The number of hydrazine groups is 1. The van der Waals surface area contributed by atoms with E-state index < -0.39 is 16.7 Å². The van der Waals surface area contributed by atoms with Gasteiger partial charge in [-0.25, -0.2) is 0 Å². The largest absolute Gasteiger partial charge is 0.361 e. The van der Waals surface area contributed by atoms with Gasteiger partial charge < -0.3 is 4.98 Å². The molecule has 0 aliphatic heterocycles. The SMILES string of the molecule is O=C(Cc1c[nH]c2ccccc12)NNC(=O)c1cccc([N+](=O)[O-])c1. The number of hydrogen-bond acceptors (Lipinski definition) is 4. The summed E-state index contributed by atoms with van der Waals surface area (Å²) in [5, 5.41) is 11.7. The van der Waals surface area contributed by atoms with Gasteiger partial charge in [-0.1, -0.05) is 24.3 Å². The molecule has 0 aliphatic carbocycles. The van der Waals surface area contributed by atoms with Gasteiger partial charge >= 0.3 is 0 Å². The fraction of sp³-hybridized carbons (Fsp3) is 0.0588. The monoisotopic (exact) mass is 338 g/mol. The fourth-order valence-corrected chi connectivity index (χ4v) is 2.45. The molecule has 126 valence electrons. The van der Waals surface area contributed by atoms with Crippen molar-refractivity contribution in [1.29, 1.82) is 0 Å². The predicted molar refractivity (Wildman–Crippen MR) is 90.7 cm³/mol. The molecule has 0 spiro atoms. The Labute approximate surface area is 142 Å². The highest BCUT2D eigenvalue weighted by Crippen LogP contribution is 2.18. The van der Waals surface area contributed by atoms with E-state index >= 15 is 0 Å². The summed E-state index contributed by atoms with van der Waals surface area (Å²) in [7, 11) is 0. The summed E-state index contributed by atoms with van der Waals surface area (Å²) < 4.78 is 0. The maximum absolute atomic E-state index is 12.0. The second-order valence-electron chi connectivity index (χ2n) is 5.35. The number of nitrogens with zero attached hydrogens (tertiary/aromatic N) is 1. The Morgan fingerprint density at radius 3 is 2.68 bits per heavy atom. The van der Waals surface area contributed by atoms with E-state index in [4.69, 9.17) is 0 Å². The molecule has 8 nitrogen and oxygen atoms in total. The molecule has 0 radical (unpaired) electrons. The van der Waals surface area contributed by atoms with Gasteiger partial charge in [0.05, 0.1) is 11.3 Å². The summed E-state index contributed by atoms with van der Waals surface area (Å²) in [6, 6.07) is 12.8. The molecule has 0 saturated carbocycles. The lowest BCUT2D eigenvalue weighted by molar-refractivity contribution is -0.384. The van der Waals surface area contributed by atoms with E-state index in [0.717, 1.165) is 22.5 Å². The molecule has 0 bridgehead atoms. The number of para-hydroxylation sites is 1. The highest BCUT2D eigenvalue weighted by molar-refractivity contribution is 5.96. The summed E-state index contributed by atoms with van der Waals surface area (Å²) >= 11 is 0. The van der Waals surface area contributed by atoms with Crippen molar-refractivity contribution in [1.82, 2.24) is 15.8 Å². The molecule has 0 saturated heterocycles. The van der Waals surface area contributed by atoms with Crippen molar-refractivity contribution < 1.29 is 14.5 Å². The van der Waals surface area contributed by atoms with Crippen LogP contribution in [-0.2, 0) is 11.2 Å². The van der Waals surface area contributed by atoms with Gasteiger partial charge in [-0.05, 0) is 17.7 Å².